The summed E-state index contributed by atoms with van der Waals surface area (Å²) in [5, 5.41) is 3.71. The second-order valence-corrected chi connectivity index (χ2v) is 6.07. The maximum Gasteiger partial charge on any atom is 0.235 e. The lowest BCUT2D eigenvalue weighted by Gasteiger charge is -2.40. The molecule has 1 saturated carbocycles. The van der Waals surface area contributed by atoms with Gasteiger partial charge < -0.3 is 10.1 Å². The summed E-state index contributed by atoms with van der Waals surface area (Å²) in [7, 11) is 1.61. The van der Waals surface area contributed by atoms with Crippen LogP contribution in [-0.4, -0.2) is 13.0 Å². The van der Waals surface area contributed by atoms with Crippen molar-refractivity contribution in [3.05, 3.63) is 59.1 Å². The number of amides is 1. The lowest BCUT2D eigenvalue weighted by atomic mass is 9.64. The molecule has 0 spiro atoms. The maximum absolute atomic E-state index is 12.8. The summed E-state index contributed by atoms with van der Waals surface area (Å²) in [5.74, 6) is 0.765. The highest BCUT2D eigenvalue weighted by Crippen LogP contribution is 2.44. The van der Waals surface area contributed by atoms with Crippen molar-refractivity contribution < 1.29 is 9.53 Å². The third kappa shape index (κ3) is 2.69. The fourth-order valence-electron chi connectivity index (χ4n) is 2.90. The zero-order valence-electron chi connectivity index (χ0n) is 12.4. The molecule has 1 N–H and O–H groups in total. The molecule has 1 amide bonds. The number of carbonyl (C=O) groups excluding carboxylic acids is 1. The average Bonchev–Trinajstić information content (AvgIpc) is 2.48. The van der Waals surface area contributed by atoms with Crippen molar-refractivity contribution in [3.8, 4) is 5.75 Å². The Labute approximate surface area is 135 Å². The fourth-order valence-corrected chi connectivity index (χ4v) is 3.02. The number of halogens is 1. The lowest BCUT2D eigenvalue weighted by Crippen LogP contribution is -2.45. The van der Waals surface area contributed by atoms with E-state index in [1.165, 1.54) is 0 Å². The summed E-state index contributed by atoms with van der Waals surface area (Å²) < 4.78 is 5.19. The van der Waals surface area contributed by atoms with Gasteiger partial charge in [0.25, 0.3) is 0 Å². The Balaban J connectivity index is 1.84. The van der Waals surface area contributed by atoms with Crippen molar-refractivity contribution >= 4 is 23.2 Å². The molecule has 1 aliphatic carbocycles. The second-order valence-electron chi connectivity index (χ2n) is 5.63. The highest BCUT2D eigenvalue weighted by atomic mass is 35.5. The standard InChI is InChI=1S/C18H18ClNO2/c1-22-16-5-2-4-15(12-16)20-17(21)18(10-3-11-18)13-6-8-14(19)9-7-13/h2,4-9,12H,3,10-11H2,1H3,(H,20,21). The van der Waals surface area contributed by atoms with E-state index < -0.39 is 5.41 Å². The van der Waals surface area contributed by atoms with E-state index in [0.717, 1.165) is 36.3 Å². The molecular weight excluding hydrogens is 298 g/mol. The molecule has 0 aliphatic heterocycles. The summed E-state index contributed by atoms with van der Waals surface area (Å²) in [5.41, 5.74) is 1.35. The summed E-state index contributed by atoms with van der Waals surface area (Å²) >= 11 is 5.95. The number of ether oxygens (including phenoxy) is 1. The van der Waals surface area contributed by atoms with Gasteiger partial charge in [-0.15, -0.1) is 0 Å². The first-order chi connectivity index (χ1) is 10.6. The minimum Gasteiger partial charge on any atom is -0.497 e. The van der Waals surface area contributed by atoms with E-state index in [1.807, 2.05) is 48.5 Å². The van der Waals surface area contributed by atoms with Gasteiger partial charge in [0, 0.05) is 16.8 Å². The van der Waals surface area contributed by atoms with Crippen LogP contribution in [0.15, 0.2) is 48.5 Å². The Bertz CT molecular complexity index is 678. The number of hydrogen-bond donors (Lipinski definition) is 1. The summed E-state index contributed by atoms with van der Waals surface area (Å²) in [4.78, 5) is 12.8. The van der Waals surface area contributed by atoms with Crippen LogP contribution in [0.4, 0.5) is 5.69 Å². The molecule has 3 rings (SSSR count). The van der Waals surface area contributed by atoms with E-state index in [0.29, 0.717) is 5.02 Å². The van der Waals surface area contributed by atoms with E-state index in [2.05, 4.69) is 5.32 Å². The molecule has 0 bridgehead atoms. The molecule has 0 aromatic heterocycles. The van der Waals surface area contributed by atoms with Crippen molar-refractivity contribution in [2.45, 2.75) is 24.7 Å². The van der Waals surface area contributed by atoms with Crippen molar-refractivity contribution in [2.24, 2.45) is 0 Å². The number of hydrogen-bond acceptors (Lipinski definition) is 2. The predicted molar refractivity (Wildman–Crippen MR) is 88.6 cm³/mol. The highest BCUT2D eigenvalue weighted by molar-refractivity contribution is 6.30. The van der Waals surface area contributed by atoms with Crippen LogP contribution in [0.2, 0.25) is 5.02 Å². The Hall–Kier alpha value is -2.00. The molecule has 0 heterocycles. The van der Waals surface area contributed by atoms with Gasteiger partial charge in [0.05, 0.1) is 12.5 Å². The number of nitrogens with one attached hydrogen (secondary N) is 1. The monoisotopic (exact) mass is 315 g/mol. The minimum absolute atomic E-state index is 0.0364. The molecule has 114 valence electrons. The Morgan fingerprint density at radius 2 is 1.91 bits per heavy atom. The van der Waals surface area contributed by atoms with Gasteiger partial charge in [-0.3, -0.25) is 4.79 Å². The molecule has 1 aliphatic rings. The molecule has 0 unspecified atom stereocenters. The van der Waals surface area contributed by atoms with E-state index in [-0.39, 0.29) is 5.91 Å². The van der Waals surface area contributed by atoms with Crippen LogP contribution in [0, 0.1) is 0 Å². The summed E-state index contributed by atoms with van der Waals surface area (Å²) in [6.07, 6.45) is 2.79. The first-order valence-corrected chi connectivity index (χ1v) is 7.73. The molecule has 3 nitrogen and oxygen atoms in total. The van der Waals surface area contributed by atoms with E-state index in [9.17, 15) is 4.79 Å². The van der Waals surface area contributed by atoms with Gasteiger partial charge in [0.2, 0.25) is 5.91 Å². The van der Waals surface area contributed by atoms with E-state index in [1.54, 1.807) is 7.11 Å². The number of rotatable bonds is 4. The zero-order chi connectivity index (χ0) is 15.6. The van der Waals surface area contributed by atoms with Gasteiger partial charge in [-0.1, -0.05) is 36.2 Å². The van der Waals surface area contributed by atoms with Crippen molar-refractivity contribution in [1.82, 2.24) is 0 Å². The van der Waals surface area contributed by atoms with E-state index >= 15 is 0 Å². The molecule has 4 heteroatoms. The Morgan fingerprint density at radius 1 is 1.18 bits per heavy atom. The SMILES string of the molecule is COc1cccc(NC(=O)C2(c3ccc(Cl)cc3)CCC2)c1. The highest BCUT2D eigenvalue weighted by Gasteiger charge is 2.45. The number of benzene rings is 2. The first-order valence-electron chi connectivity index (χ1n) is 7.36. The van der Waals surface area contributed by atoms with Crippen molar-refractivity contribution in [3.63, 3.8) is 0 Å². The Morgan fingerprint density at radius 3 is 2.50 bits per heavy atom. The minimum atomic E-state index is -0.437. The first kappa shape index (κ1) is 14.9. The van der Waals surface area contributed by atoms with Gasteiger partial charge in [-0.25, -0.2) is 0 Å². The van der Waals surface area contributed by atoms with Crippen LogP contribution < -0.4 is 10.1 Å². The second kappa shape index (κ2) is 6.01. The summed E-state index contributed by atoms with van der Waals surface area (Å²) in [6.45, 7) is 0. The van der Waals surface area contributed by atoms with Crippen LogP contribution in [-0.2, 0) is 10.2 Å². The van der Waals surface area contributed by atoms with Gasteiger partial charge in [0.15, 0.2) is 0 Å². The smallest absolute Gasteiger partial charge is 0.235 e. The van der Waals surface area contributed by atoms with Crippen LogP contribution >= 0.6 is 11.6 Å². The molecule has 2 aromatic rings. The number of methoxy groups -OCH3 is 1. The van der Waals surface area contributed by atoms with Crippen molar-refractivity contribution in [2.75, 3.05) is 12.4 Å². The quantitative estimate of drug-likeness (QED) is 0.907. The Kier molecular flexibility index (Phi) is 4.08. The third-order valence-corrected chi connectivity index (χ3v) is 4.62. The normalized spacial score (nSPS) is 15.7. The average molecular weight is 316 g/mol. The largest absolute Gasteiger partial charge is 0.497 e. The van der Waals surface area contributed by atoms with Gasteiger partial charge in [0.1, 0.15) is 5.75 Å². The summed E-state index contributed by atoms with van der Waals surface area (Å²) in [6, 6.07) is 15.0. The molecular formula is C18H18ClNO2. The van der Waals surface area contributed by atoms with Crippen LogP contribution in [0.1, 0.15) is 24.8 Å². The lowest BCUT2D eigenvalue weighted by molar-refractivity contribution is -0.124. The predicted octanol–water partition coefficient (Wildman–Crippen LogP) is 4.41. The van der Waals surface area contributed by atoms with Crippen LogP contribution in [0.5, 0.6) is 5.75 Å². The van der Waals surface area contributed by atoms with Gasteiger partial charge >= 0.3 is 0 Å². The molecule has 0 radical (unpaired) electrons. The van der Waals surface area contributed by atoms with Crippen LogP contribution in [0.25, 0.3) is 0 Å². The fraction of sp³-hybridized carbons (Fsp3) is 0.278. The molecule has 22 heavy (non-hydrogen) atoms. The van der Waals surface area contributed by atoms with Gasteiger partial charge in [-0.2, -0.15) is 0 Å². The van der Waals surface area contributed by atoms with Gasteiger partial charge in [-0.05, 0) is 42.7 Å². The molecule has 2 aromatic carbocycles. The molecule has 0 saturated heterocycles. The number of carbonyl (C=O) groups is 1. The zero-order valence-corrected chi connectivity index (χ0v) is 13.2. The number of anilines is 1. The van der Waals surface area contributed by atoms with Crippen LogP contribution in [0.3, 0.4) is 0 Å². The van der Waals surface area contributed by atoms with Crippen molar-refractivity contribution in [1.29, 1.82) is 0 Å². The topological polar surface area (TPSA) is 38.3 Å². The third-order valence-electron chi connectivity index (χ3n) is 4.37. The maximum atomic E-state index is 12.8. The van der Waals surface area contributed by atoms with E-state index in [4.69, 9.17) is 16.3 Å². The molecule has 1 fully saturated rings. The molecule has 0 atom stereocenters.